The number of anilines is 2. The lowest BCUT2D eigenvalue weighted by Gasteiger charge is -2.06. The van der Waals surface area contributed by atoms with E-state index in [1.54, 1.807) is 18.2 Å². The van der Waals surface area contributed by atoms with Crippen molar-refractivity contribution < 1.29 is 0 Å². The van der Waals surface area contributed by atoms with Gasteiger partial charge in [0.1, 0.15) is 0 Å². The highest BCUT2D eigenvalue weighted by atomic mass is 15.5. The molecule has 4 N–H and O–H groups in total. The molecule has 0 amide bonds. The Bertz CT molecular complexity index is 847. The number of nitrogens with two attached hydrogens (primary N) is 2. The first kappa shape index (κ1) is 13.7. The van der Waals surface area contributed by atoms with Crippen LogP contribution in [0.1, 0.15) is 0 Å². The molecule has 6 heteroatoms. The van der Waals surface area contributed by atoms with Gasteiger partial charge >= 0.3 is 0 Å². The van der Waals surface area contributed by atoms with E-state index in [-0.39, 0.29) is 0 Å². The summed E-state index contributed by atoms with van der Waals surface area (Å²) in [5.41, 5.74) is 14.5. The van der Waals surface area contributed by atoms with Crippen molar-refractivity contribution >= 4 is 33.5 Å². The van der Waals surface area contributed by atoms with Gasteiger partial charge < -0.3 is 11.5 Å². The summed E-state index contributed by atoms with van der Waals surface area (Å²) in [7, 11) is 0. The third kappa shape index (κ3) is 2.76. The Kier molecular flexibility index (Phi) is 3.74. The molecule has 22 heavy (non-hydrogen) atoms. The lowest BCUT2D eigenvalue weighted by molar-refractivity contribution is 0.960. The van der Waals surface area contributed by atoms with Crippen LogP contribution >= 0.6 is 0 Å². The van der Waals surface area contributed by atoms with Gasteiger partial charge in [-0.05, 0) is 40.8 Å². The minimum atomic E-state index is 0.609. The summed E-state index contributed by atoms with van der Waals surface area (Å²) >= 11 is 0. The van der Waals surface area contributed by atoms with Gasteiger partial charge in [0.15, 0.2) is 0 Å². The molecule has 3 rings (SSSR count). The van der Waals surface area contributed by atoms with Crippen LogP contribution in [0.15, 0.2) is 81.3 Å². The van der Waals surface area contributed by atoms with Crippen LogP contribution in [0.4, 0.5) is 22.7 Å². The molecular weight excluding hydrogens is 276 g/mol. The largest absolute Gasteiger partial charge is 0.398 e. The van der Waals surface area contributed by atoms with Crippen molar-refractivity contribution in [3.8, 4) is 0 Å². The van der Waals surface area contributed by atoms with E-state index < -0.39 is 0 Å². The number of nitrogens with zero attached hydrogens (tertiary/aromatic N) is 4. The molecule has 108 valence electrons. The molecule has 0 heterocycles. The summed E-state index contributed by atoms with van der Waals surface area (Å²) in [5, 5.41) is 17.1. The van der Waals surface area contributed by atoms with Gasteiger partial charge in [-0.3, -0.25) is 0 Å². The van der Waals surface area contributed by atoms with Crippen molar-refractivity contribution in [2.75, 3.05) is 11.5 Å². The molecule has 0 spiro atoms. The van der Waals surface area contributed by atoms with Gasteiger partial charge in [-0.25, -0.2) is 0 Å². The van der Waals surface area contributed by atoms with Gasteiger partial charge in [-0.2, -0.15) is 0 Å². The van der Waals surface area contributed by atoms with Crippen molar-refractivity contribution in [2.24, 2.45) is 20.7 Å². The second-order valence-electron chi connectivity index (χ2n) is 4.66. The zero-order chi connectivity index (χ0) is 15.4. The lowest BCUT2D eigenvalue weighted by Crippen LogP contribution is -1.92. The summed E-state index contributed by atoms with van der Waals surface area (Å²) in [4.78, 5) is 0. The fourth-order valence-electron chi connectivity index (χ4n) is 2.17. The quantitative estimate of drug-likeness (QED) is 0.411. The number of hydrogen-bond donors (Lipinski definition) is 2. The molecule has 0 atom stereocenters. The van der Waals surface area contributed by atoms with E-state index in [2.05, 4.69) is 20.7 Å². The first-order valence-electron chi connectivity index (χ1n) is 6.69. The molecular formula is C16H14N6. The summed E-state index contributed by atoms with van der Waals surface area (Å²) in [5.74, 6) is 0. The monoisotopic (exact) mass is 290 g/mol. The normalized spacial score (nSPS) is 11.6. The molecule has 0 aliphatic rings. The number of benzene rings is 3. The number of rotatable bonds is 3. The second-order valence-corrected chi connectivity index (χ2v) is 4.66. The Labute approximate surface area is 127 Å². The first-order valence-corrected chi connectivity index (χ1v) is 6.69. The summed E-state index contributed by atoms with van der Waals surface area (Å²) in [6, 6.07) is 18.4. The van der Waals surface area contributed by atoms with E-state index in [0.29, 0.717) is 22.7 Å². The summed E-state index contributed by atoms with van der Waals surface area (Å²) < 4.78 is 0. The molecule has 0 aliphatic heterocycles. The van der Waals surface area contributed by atoms with Crippen LogP contribution in [-0.2, 0) is 0 Å². The van der Waals surface area contributed by atoms with E-state index in [1.807, 2.05) is 42.5 Å². The molecule has 0 saturated carbocycles. The predicted octanol–water partition coefficient (Wildman–Crippen LogP) is 4.79. The van der Waals surface area contributed by atoms with Crippen molar-refractivity contribution in [3.63, 3.8) is 0 Å². The van der Waals surface area contributed by atoms with Gasteiger partial charge in [-0.15, -0.1) is 10.2 Å². The Hall–Kier alpha value is -3.28. The fourth-order valence-corrected chi connectivity index (χ4v) is 2.17. The summed E-state index contributed by atoms with van der Waals surface area (Å²) in [6.07, 6.45) is 0. The molecule has 0 bridgehead atoms. The van der Waals surface area contributed by atoms with E-state index >= 15 is 0 Å². The maximum Gasteiger partial charge on any atom is 0.0956 e. The molecule has 0 fully saturated rings. The average Bonchev–Trinajstić information content (AvgIpc) is 2.54. The SMILES string of the molecule is Nc1cccc2c(N=NN=Nc3ccccc3)ccc(N)c12. The highest BCUT2D eigenvalue weighted by molar-refractivity contribution is 6.06. The second kappa shape index (κ2) is 6.01. The standard InChI is InChI=1S/C16H14N6/c17-13-8-4-7-12-15(10-9-14(18)16(12)13)20-22-21-19-11-5-2-1-3-6-11/h1-10H,17-18H2. The van der Waals surface area contributed by atoms with Crippen LogP contribution in [-0.4, -0.2) is 0 Å². The van der Waals surface area contributed by atoms with Crippen LogP contribution < -0.4 is 11.5 Å². The van der Waals surface area contributed by atoms with E-state index in [4.69, 9.17) is 11.5 Å². The molecule has 3 aromatic rings. The highest BCUT2D eigenvalue weighted by Gasteiger charge is 2.06. The van der Waals surface area contributed by atoms with Gasteiger partial charge in [0.05, 0.1) is 11.4 Å². The number of nitrogen functional groups attached to an aromatic ring is 2. The Morgan fingerprint density at radius 1 is 0.636 bits per heavy atom. The van der Waals surface area contributed by atoms with E-state index in [0.717, 1.165) is 10.8 Å². The predicted molar refractivity (Wildman–Crippen MR) is 88.2 cm³/mol. The molecule has 0 aromatic heterocycles. The van der Waals surface area contributed by atoms with Gasteiger partial charge in [0.2, 0.25) is 0 Å². The van der Waals surface area contributed by atoms with Crippen LogP contribution in [0, 0.1) is 0 Å². The first-order chi connectivity index (χ1) is 10.8. The number of hydrogen-bond acceptors (Lipinski definition) is 4. The fraction of sp³-hybridized carbons (Fsp3) is 0. The third-order valence-electron chi connectivity index (χ3n) is 3.19. The lowest BCUT2D eigenvalue weighted by atomic mass is 10.1. The molecule has 0 unspecified atom stereocenters. The number of fused-ring (bicyclic) bond motifs is 1. The summed E-state index contributed by atoms with van der Waals surface area (Å²) in [6.45, 7) is 0. The minimum absolute atomic E-state index is 0.609. The van der Waals surface area contributed by atoms with Gasteiger partial charge in [-0.1, -0.05) is 30.3 Å². The van der Waals surface area contributed by atoms with Crippen LogP contribution in [0.5, 0.6) is 0 Å². The van der Waals surface area contributed by atoms with Crippen LogP contribution in [0.2, 0.25) is 0 Å². The van der Waals surface area contributed by atoms with Crippen LogP contribution in [0.25, 0.3) is 10.8 Å². The minimum Gasteiger partial charge on any atom is -0.398 e. The molecule has 6 nitrogen and oxygen atoms in total. The van der Waals surface area contributed by atoms with Crippen molar-refractivity contribution in [1.29, 1.82) is 0 Å². The maximum absolute atomic E-state index is 5.96. The van der Waals surface area contributed by atoms with Crippen molar-refractivity contribution in [1.82, 2.24) is 0 Å². The molecule has 0 radical (unpaired) electrons. The average molecular weight is 290 g/mol. The smallest absolute Gasteiger partial charge is 0.0956 e. The van der Waals surface area contributed by atoms with Gasteiger partial charge in [0.25, 0.3) is 0 Å². The maximum atomic E-state index is 5.96. The molecule has 3 aromatic carbocycles. The zero-order valence-corrected chi connectivity index (χ0v) is 11.7. The third-order valence-corrected chi connectivity index (χ3v) is 3.19. The Morgan fingerprint density at radius 2 is 1.36 bits per heavy atom. The molecule has 0 saturated heterocycles. The van der Waals surface area contributed by atoms with Crippen LogP contribution in [0.3, 0.4) is 0 Å². The zero-order valence-electron chi connectivity index (χ0n) is 11.7. The Morgan fingerprint density at radius 3 is 2.18 bits per heavy atom. The Balaban J connectivity index is 1.91. The van der Waals surface area contributed by atoms with E-state index in [1.165, 1.54) is 0 Å². The van der Waals surface area contributed by atoms with Crippen molar-refractivity contribution in [2.45, 2.75) is 0 Å². The van der Waals surface area contributed by atoms with Crippen molar-refractivity contribution in [3.05, 3.63) is 60.7 Å². The molecule has 0 aliphatic carbocycles. The highest BCUT2D eigenvalue weighted by Crippen LogP contribution is 2.34. The topological polar surface area (TPSA) is 101 Å². The van der Waals surface area contributed by atoms with Gasteiger partial charge in [0, 0.05) is 22.1 Å². The van der Waals surface area contributed by atoms with E-state index in [9.17, 15) is 0 Å².